The minimum Gasteiger partial charge on any atom is -0.480 e. The Labute approximate surface area is 98.3 Å². The molecule has 1 heterocycles. The lowest BCUT2D eigenvalue weighted by atomic mass is 9.92. The Balaban J connectivity index is 2.30. The molecule has 1 aromatic rings. The third-order valence-electron chi connectivity index (χ3n) is 3.12. The molecule has 17 heavy (non-hydrogen) atoms. The molecule has 0 aromatic heterocycles. The Kier molecular flexibility index (Phi) is 2.99. The number of likely N-dealkylation sites (tertiary alicyclic amines) is 1. The van der Waals surface area contributed by atoms with Crippen LogP contribution in [0.25, 0.3) is 0 Å². The maximum absolute atomic E-state index is 11.2. The molecule has 2 N–H and O–H groups in total. The summed E-state index contributed by atoms with van der Waals surface area (Å²) in [4.78, 5) is 23.2. The number of hydrogen-bond acceptors (Lipinski definition) is 2. The van der Waals surface area contributed by atoms with Crippen molar-refractivity contribution in [3.8, 4) is 0 Å². The van der Waals surface area contributed by atoms with Crippen LogP contribution in [0.15, 0.2) is 30.3 Å². The van der Waals surface area contributed by atoms with Crippen LogP contribution in [0.2, 0.25) is 0 Å². The fourth-order valence-corrected chi connectivity index (χ4v) is 2.36. The van der Waals surface area contributed by atoms with Gasteiger partial charge in [-0.3, -0.25) is 4.90 Å². The molecule has 0 aliphatic carbocycles. The average molecular weight is 235 g/mol. The smallest absolute Gasteiger partial charge is 0.408 e. The molecule has 1 aliphatic heterocycles. The van der Waals surface area contributed by atoms with Crippen molar-refractivity contribution in [2.24, 2.45) is 0 Å². The third-order valence-corrected chi connectivity index (χ3v) is 3.12. The van der Waals surface area contributed by atoms with Crippen molar-refractivity contribution in [1.82, 2.24) is 4.90 Å². The monoisotopic (exact) mass is 235 g/mol. The topological polar surface area (TPSA) is 77.8 Å². The molecule has 1 aromatic carbocycles. The molecule has 1 saturated heterocycles. The van der Waals surface area contributed by atoms with Crippen LogP contribution in [0.5, 0.6) is 0 Å². The van der Waals surface area contributed by atoms with E-state index in [-0.39, 0.29) is 12.5 Å². The van der Waals surface area contributed by atoms with Crippen LogP contribution in [-0.2, 0) is 4.79 Å². The standard InChI is InChI=1S/C12H13NO4/c14-11(15)10-9(6-7-13(10)12(16)17)8-4-2-1-3-5-8/h1-5,9-10H,6-7H2,(H,14,15)(H,16,17)/t9-,10+/m1/s1. The van der Waals surface area contributed by atoms with Crippen LogP contribution in [0.3, 0.4) is 0 Å². The molecular weight excluding hydrogens is 222 g/mol. The van der Waals surface area contributed by atoms with E-state index < -0.39 is 18.1 Å². The number of nitrogens with zero attached hydrogens (tertiary/aromatic N) is 1. The van der Waals surface area contributed by atoms with Gasteiger partial charge >= 0.3 is 12.1 Å². The predicted molar refractivity (Wildman–Crippen MR) is 60.0 cm³/mol. The lowest BCUT2D eigenvalue weighted by Crippen LogP contribution is -2.41. The molecule has 2 rings (SSSR count). The Bertz CT molecular complexity index is 431. The first-order valence-corrected chi connectivity index (χ1v) is 5.38. The van der Waals surface area contributed by atoms with Gasteiger partial charge < -0.3 is 10.2 Å². The number of carbonyl (C=O) groups is 2. The normalized spacial score (nSPS) is 23.6. The van der Waals surface area contributed by atoms with Gasteiger partial charge in [-0.15, -0.1) is 0 Å². The second-order valence-electron chi connectivity index (χ2n) is 4.06. The van der Waals surface area contributed by atoms with Crippen molar-refractivity contribution in [3.05, 3.63) is 35.9 Å². The highest BCUT2D eigenvalue weighted by molar-refractivity contribution is 5.81. The van der Waals surface area contributed by atoms with E-state index in [1.54, 1.807) is 0 Å². The Morgan fingerprint density at radius 1 is 1.18 bits per heavy atom. The molecule has 0 radical (unpaired) electrons. The first-order valence-electron chi connectivity index (χ1n) is 5.38. The summed E-state index contributed by atoms with van der Waals surface area (Å²) in [5, 5.41) is 18.1. The second-order valence-corrected chi connectivity index (χ2v) is 4.06. The van der Waals surface area contributed by atoms with Crippen LogP contribution < -0.4 is 0 Å². The highest BCUT2D eigenvalue weighted by Gasteiger charge is 2.42. The van der Waals surface area contributed by atoms with E-state index in [1.165, 1.54) is 0 Å². The van der Waals surface area contributed by atoms with Gasteiger partial charge in [0.25, 0.3) is 0 Å². The van der Waals surface area contributed by atoms with Gasteiger partial charge in [-0.1, -0.05) is 30.3 Å². The zero-order chi connectivity index (χ0) is 12.4. The summed E-state index contributed by atoms with van der Waals surface area (Å²) in [7, 11) is 0. The lowest BCUT2D eigenvalue weighted by molar-refractivity contribution is -0.142. The first kappa shape index (κ1) is 11.4. The molecule has 2 atom stereocenters. The van der Waals surface area contributed by atoms with Crippen LogP contribution in [0.4, 0.5) is 4.79 Å². The second kappa shape index (κ2) is 4.45. The molecule has 5 nitrogen and oxygen atoms in total. The van der Waals surface area contributed by atoms with E-state index in [9.17, 15) is 9.59 Å². The van der Waals surface area contributed by atoms with E-state index in [2.05, 4.69) is 0 Å². The Morgan fingerprint density at radius 3 is 2.35 bits per heavy atom. The fraction of sp³-hybridized carbons (Fsp3) is 0.333. The van der Waals surface area contributed by atoms with Crippen molar-refractivity contribution in [1.29, 1.82) is 0 Å². The zero-order valence-electron chi connectivity index (χ0n) is 9.11. The van der Waals surface area contributed by atoms with Gasteiger partial charge in [-0.2, -0.15) is 0 Å². The summed E-state index contributed by atoms with van der Waals surface area (Å²) < 4.78 is 0. The molecule has 1 amide bonds. The summed E-state index contributed by atoms with van der Waals surface area (Å²) in [5.74, 6) is -1.34. The molecule has 0 bridgehead atoms. The number of rotatable bonds is 2. The highest BCUT2D eigenvalue weighted by Crippen LogP contribution is 2.33. The molecule has 1 aliphatic rings. The summed E-state index contributed by atoms with van der Waals surface area (Å²) in [6, 6.07) is 8.21. The molecule has 0 unspecified atom stereocenters. The average Bonchev–Trinajstić information content (AvgIpc) is 2.74. The quantitative estimate of drug-likeness (QED) is 0.816. The van der Waals surface area contributed by atoms with Gasteiger partial charge in [0.2, 0.25) is 0 Å². The van der Waals surface area contributed by atoms with Gasteiger partial charge in [0.15, 0.2) is 0 Å². The maximum Gasteiger partial charge on any atom is 0.408 e. The van der Waals surface area contributed by atoms with Gasteiger partial charge in [0.1, 0.15) is 6.04 Å². The van der Waals surface area contributed by atoms with Crippen LogP contribution in [0, 0.1) is 0 Å². The van der Waals surface area contributed by atoms with Crippen molar-refractivity contribution < 1.29 is 19.8 Å². The van der Waals surface area contributed by atoms with E-state index >= 15 is 0 Å². The minimum atomic E-state index is -1.17. The minimum absolute atomic E-state index is 0.259. The van der Waals surface area contributed by atoms with E-state index in [4.69, 9.17) is 10.2 Å². The van der Waals surface area contributed by atoms with Crippen molar-refractivity contribution >= 4 is 12.1 Å². The molecule has 90 valence electrons. The maximum atomic E-state index is 11.2. The van der Waals surface area contributed by atoms with Crippen LogP contribution in [0.1, 0.15) is 17.9 Å². The molecule has 0 spiro atoms. The zero-order valence-corrected chi connectivity index (χ0v) is 9.11. The Morgan fingerprint density at radius 2 is 1.82 bits per heavy atom. The number of amides is 1. The molecule has 1 fully saturated rings. The Hall–Kier alpha value is -2.04. The predicted octanol–water partition coefficient (Wildman–Crippen LogP) is 1.61. The molecule has 0 saturated carbocycles. The SMILES string of the molecule is O=C(O)[C@@H]1[C@@H](c2ccccc2)CCN1C(=O)O. The first-order chi connectivity index (χ1) is 8.11. The van der Waals surface area contributed by atoms with Crippen molar-refractivity contribution in [2.75, 3.05) is 6.54 Å². The molecular formula is C12H13NO4. The van der Waals surface area contributed by atoms with Crippen LogP contribution >= 0.6 is 0 Å². The third kappa shape index (κ3) is 2.08. The van der Waals surface area contributed by atoms with Gasteiger partial charge in [-0.05, 0) is 12.0 Å². The van der Waals surface area contributed by atoms with Crippen molar-refractivity contribution in [2.45, 2.75) is 18.4 Å². The number of benzene rings is 1. The fourth-order valence-electron chi connectivity index (χ4n) is 2.36. The highest BCUT2D eigenvalue weighted by atomic mass is 16.4. The van der Waals surface area contributed by atoms with Crippen LogP contribution in [-0.4, -0.2) is 39.8 Å². The van der Waals surface area contributed by atoms with Gasteiger partial charge in [0, 0.05) is 12.5 Å². The van der Waals surface area contributed by atoms with E-state index in [1.807, 2.05) is 30.3 Å². The van der Waals surface area contributed by atoms with E-state index in [0.29, 0.717) is 6.42 Å². The largest absolute Gasteiger partial charge is 0.480 e. The summed E-state index contributed by atoms with van der Waals surface area (Å²) in [6.45, 7) is 0.270. The number of carboxylic acid groups (broad SMARTS) is 2. The summed E-state index contributed by atoms with van der Waals surface area (Å²) >= 11 is 0. The van der Waals surface area contributed by atoms with Crippen molar-refractivity contribution in [3.63, 3.8) is 0 Å². The number of carboxylic acids is 1. The van der Waals surface area contributed by atoms with Gasteiger partial charge in [-0.25, -0.2) is 9.59 Å². The summed E-state index contributed by atoms with van der Waals surface area (Å²) in [5.41, 5.74) is 0.878. The van der Waals surface area contributed by atoms with E-state index in [0.717, 1.165) is 10.5 Å². The lowest BCUT2D eigenvalue weighted by Gasteiger charge is -2.22. The molecule has 5 heteroatoms. The number of hydrogen-bond donors (Lipinski definition) is 2. The van der Waals surface area contributed by atoms with Gasteiger partial charge in [0.05, 0.1) is 0 Å². The number of aliphatic carboxylic acids is 1. The summed E-state index contributed by atoms with van der Waals surface area (Å²) in [6.07, 6.45) is -0.622.